The van der Waals surface area contributed by atoms with E-state index in [4.69, 9.17) is 18.2 Å². The van der Waals surface area contributed by atoms with Crippen LogP contribution >= 0.6 is 0 Å². The van der Waals surface area contributed by atoms with Crippen molar-refractivity contribution in [2.45, 2.75) is 49.4 Å². The molecule has 2 saturated heterocycles. The summed E-state index contributed by atoms with van der Waals surface area (Å²) in [5.74, 6) is 0. The van der Waals surface area contributed by atoms with Gasteiger partial charge in [0.05, 0.1) is 35.9 Å². The molecule has 0 bridgehead atoms. The molecule has 0 saturated carbocycles. The molecule has 0 atom stereocenters. The van der Waals surface area contributed by atoms with Crippen molar-refractivity contribution in [3.63, 3.8) is 0 Å². The van der Waals surface area contributed by atoms with E-state index in [1.54, 1.807) is 12.1 Å². The van der Waals surface area contributed by atoms with Crippen molar-refractivity contribution in [2.24, 2.45) is 0 Å². The van der Waals surface area contributed by atoms with Crippen LogP contribution in [0.5, 0.6) is 0 Å². The molecule has 1 aromatic rings. The highest BCUT2D eigenvalue weighted by atomic mass is 32.2. The number of hydrogen-bond donors (Lipinski definition) is 1. The topological polar surface area (TPSA) is 91.3 Å². The van der Waals surface area contributed by atoms with Crippen LogP contribution in [0.25, 0.3) is 0 Å². The van der Waals surface area contributed by atoms with Gasteiger partial charge in [0, 0.05) is 0 Å². The van der Waals surface area contributed by atoms with E-state index in [0.717, 1.165) is 5.46 Å². The van der Waals surface area contributed by atoms with Gasteiger partial charge in [-0.25, -0.2) is 0 Å². The fourth-order valence-electron chi connectivity index (χ4n) is 2.45. The molecule has 138 valence electrons. The monoisotopic (exact) mass is 370 g/mol. The Hall–Kier alpha value is -0.965. The minimum atomic E-state index is -3.95. The molecule has 2 aliphatic heterocycles. The Balaban J connectivity index is 1.70. The van der Waals surface area contributed by atoms with E-state index in [9.17, 15) is 13.5 Å². The molecule has 3 rings (SSSR count). The maximum atomic E-state index is 12.2. The number of aliphatic hydroxyl groups is 1. The van der Waals surface area contributed by atoms with Crippen LogP contribution in [-0.2, 0) is 28.3 Å². The average molecular weight is 370 g/mol. The quantitative estimate of drug-likeness (QED) is 0.595. The normalized spacial score (nSPS) is 24.1. The van der Waals surface area contributed by atoms with Gasteiger partial charge in [0.25, 0.3) is 10.1 Å². The van der Waals surface area contributed by atoms with Gasteiger partial charge in [-0.3, -0.25) is 4.18 Å². The van der Waals surface area contributed by atoms with Gasteiger partial charge in [0.2, 0.25) is 0 Å². The maximum absolute atomic E-state index is 12.2. The summed E-state index contributed by atoms with van der Waals surface area (Å²) in [5, 5.41) is 9.86. The lowest BCUT2D eigenvalue weighted by molar-refractivity contribution is -0.191. The Morgan fingerprint density at radius 1 is 1.08 bits per heavy atom. The fourth-order valence-corrected chi connectivity index (χ4v) is 3.43. The summed E-state index contributed by atoms with van der Waals surface area (Å²) in [6.07, 6.45) is 0. The van der Waals surface area contributed by atoms with Gasteiger partial charge in [-0.2, -0.15) is 8.42 Å². The molecule has 1 N–H and O–H groups in total. The highest BCUT2D eigenvalue weighted by molar-refractivity contribution is 7.86. The second kappa shape index (κ2) is 6.04. The Labute approximate surface area is 148 Å². The van der Waals surface area contributed by atoms with Crippen LogP contribution in [-0.4, -0.2) is 57.3 Å². The SMILES string of the molecule is CC1(C)OB(c2ccc(S(=O)(=O)OCC3(O)COC3)cc2)OC1(C)C. The zero-order chi connectivity index (χ0) is 18.5. The van der Waals surface area contributed by atoms with Crippen LogP contribution in [0.15, 0.2) is 29.2 Å². The summed E-state index contributed by atoms with van der Waals surface area (Å²) in [6, 6.07) is 6.16. The molecule has 1 aromatic carbocycles. The predicted molar refractivity (Wildman–Crippen MR) is 91.1 cm³/mol. The Morgan fingerprint density at radius 2 is 1.60 bits per heavy atom. The Kier molecular flexibility index (Phi) is 4.54. The lowest BCUT2D eigenvalue weighted by Crippen LogP contribution is -2.53. The van der Waals surface area contributed by atoms with E-state index < -0.39 is 34.0 Å². The maximum Gasteiger partial charge on any atom is 0.494 e. The minimum absolute atomic E-state index is 0.0107. The molecular weight excluding hydrogens is 347 g/mol. The van der Waals surface area contributed by atoms with Gasteiger partial charge < -0.3 is 19.2 Å². The van der Waals surface area contributed by atoms with Gasteiger partial charge in [0.15, 0.2) is 0 Å². The lowest BCUT2D eigenvalue weighted by Gasteiger charge is -2.35. The Bertz CT molecular complexity index is 722. The summed E-state index contributed by atoms with van der Waals surface area (Å²) < 4.78 is 46.1. The molecule has 7 nitrogen and oxygen atoms in total. The first-order chi connectivity index (χ1) is 11.4. The first-order valence-corrected chi connectivity index (χ1v) is 9.50. The number of hydrogen-bond acceptors (Lipinski definition) is 7. The van der Waals surface area contributed by atoms with E-state index in [-0.39, 0.29) is 24.7 Å². The molecule has 0 radical (unpaired) electrons. The van der Waals surface area contributed by atoms with E-state index in [1.807, 2.05) is 27.7 Å². The third-order valence-electron chi connectivity index (χ3n) is 4.92. The van der Waals surface area contributed by atoms with E-state index in [0.29, 0.717) is 0 Å². The number of benzene rings is 1. The molecule has 25 heavy (non-hydrogen) atoms. The second-order valence-electron chi connectivity index (χ2n) is 7.59. The summed E-state index contributed by atoms with van der Waals surface area (Å²) >= 11 is 0. The molecule has 2 fully saturated rings. The lowest BCUT2D eigenvalue weighted by atomic mass is 9.79. The van der Waals surface area contributed by atoms with Crippen LogP contribution in [0.4, 0.5) is 0 Å². The molecule has 0 aromatic heterocycles. The zero-order valence-corrected chi connectivity index (χ0v) is 15.6. The minimum Gasteiger partial charge on any atom is -0.399 e. The largest absolute Gasteiger partial charge is 0.494 e. The van der Waals surface area contributed by atoms with Crippen LogP contribution in [0.1, 0.15) is 27.7 Å². The van der Waals surface area contributed by atoms with E-state index >= 15 is 0 Å². The third kappa shape index (κ3) is 3.62. The molecule has 0 unspecified atom stereocenters. The molecule has 0 amide bonds. The van der Waals surface area contributed by atoms with Crippen LogP contribution in [0.2, 0.25) is 0 Å². The highest BCUT2D eigenvalue weighted by Crippen LogP contribution is 2.36. The van der Waals surface area contributed by atoms with Gasteiger partial charge in [-0.1, -0.05) is 12.1 Å². The summed E-state index contributed by atoms with van der Waals surface area (Å²) in [5.41, 5.74) is -1.43. The fraction of sp³-hybridized carbons (Fsp3) is 0.625. The van der Waals surface area contributed by atoms with Crippen LogP contribution in [0, 0.1) is 0 Å². The van der Waals surface area contributed by atoms with Gasteiger partial charge in [0.1, 0.15) is 5.60 Å². The van der Waals surface area contributed by atoms with Crippen molar-refractivity contribution in [3.8, 4) is 0 Å². The van der Waals surface area contributed by atoms with Gasteiger partial charge in [-0.15, -0.1) is 0 Å². The van der Waals surface area contributed by atoms with Crippen molar-refractivity contribution in [1.29, 1.82) is 0 Å². The number of ether oxygens (including phenoxy) is 1. The first kappa shape index (κ1) is 18.8. The van der Waals surface area contributed by atoms with Crippen molar-refractivity contribution >= 4 is 22.7 Å². The number of rotatable bonds is 5. The smallest absolute Gasteiger partial charge is 0.399 e. The van der Waals surface area contributed by atoms with E-state index in [2.05, 4.69) is 0 Å². The van der Waals surface area contributed by atoms with Crippen LogP contribution < -0.4 is 5.46 Å². The predicted octanol–water partition coefficient (Wildman–Crippen LogP) is 0.452. The van der Waals surface area contributed by atoms with Gasteiger partial charge >= 0.3 is 7.12 Å². The van der Waals surface area contributed by atoms with Gasteiger partial charge in [-0.05, 0) is 45.3 Å². The van der Waals surface area contributed by atoms with Crippen molar-refractivity contribution in [2.75, 3.05) is 19.8 Å². The summed E-state index contributed by atoms with van der Waals surface area (Å²) in [4.78, 5) is 0.0107. The summed E-state index contributed by atoms with van der Waals surface area (Å²) in [7, 11) is -4.51. The molecule has 0 spiro atoms. The Morgan fingerprint density at radius 3 is 2.04 bits per heavy atom. The van der Waals surface area contributed by atoms with Crippen LogP contribution in [0.3, 0.4) is 0 Å². The molecule has 9 heteroatoms. The van der Waals surface area contributed by atoms with E-state index in [1.165, 1.54) is 12.1 Å². The second-order valence-corrected chi connectivity index (χ2v) is 9.21. The summed E-state index contributed by atoms with van der Waals surface area (Å²) in [6.45, 7) is 7.63. The third-order valence-corrected chi connectivity index (χ3v) is 6.20. The average Bonchev–Trinajstić information content (AvgIpc) is 2.72. The molecule has 2 heterocycles. The van der Waals surface area contributed by atoms with Crippen molar-refractivity contribution in [1.82, 2.24) is 0 Å². The molecule has 2 aliphatic rings. The zero-order valence-electron chi connectivity index (χ0n) is 14.8. The first-order valence-electron chi connectivity index (χ1n) is 8.09. The standard InChI is InChI=1S/C16H23BO7S/c1-14(2)15(3,4)24-17(23-14)12-5-7-13(8-6-12)25(19,20)22-11-16(18)9-21-10-16/h5-8,18H,9-11H2,1-4H3. The highest BCUT2D eigenvalue weighted by Gasteiger charge is 2.51. The molecular formula is C16H23BO7S. The van der Waals surface area contributed by atoms with Crippen molar-refractivity contribution < 1.29 is 31.8 Å². The molecule has 0 aliphatic carbocycles. The van der Waals surface area contributed by atoms with Crippen molar-refractivity contribution in [3.05, 3.63) is 24.3 Å².